The quantitative estimate of drug-likeness (QED) is 0.333. The van der Waals surface area contributed by atoms with Gasteiger partial charge in [0.1, 0.15) is 12.6 Å². The summed E-state index contributed by atoms with van der Waals surface area (Å²) in [6, 6.07) is 16.4. The van der Waals surface area contributed by atoms with Crippen LogP contribution in [0, 0.1) is 23.7 Å². The zero-order valence-electron chi connectivity index (χ0n) is 22.1. The predicted octanol–water partition coefficient (Wildman–Crippen LogP) is 3.49. The molecule has 0 heterocycles. The number of ether oxygens (including phenoxy) is 1. The predicted molar refractivity (Wildman–Crippen MR) is 142 cm³/mol. The van der Waals surface area contributed by atoms with Gasteiger partial charge in [-0.3, -0.25) is 14.4 Å². The lowest BCUT2D eigenvalue weighted by molar-refractivity contribution is -0.145. The van der Waals surface area contributed by atoms with Crippen molar-refractivity contribution in [1.82, 2.24) is 16.0 Å². The fraction of sp³-hybridized carbons (Fsp3) is 0.448. The van der Waals surface area contributed by atoms with E-state index in [-0.39, 0.29) is 36.7 Å². The molecule has 1 aliphatic rings. The van der Waals surface area contributed by atoms with Crippen LogP contribution in [0.3, 0.4) is 0 Å². The Morgan fingerprint density at radius 3 is 1.97 bits per heavy atom. The van der Waals surface area contributed by atoms with Gasteiger partial charge in [-0.05, 0) is 49.1 Å². The number of carbonyl (C=O) groups excluding carboxylic acids is 3. The lowest BCUT2D eigenvalue weighted by Crippen LogP contribution is -2.58. The summed E-state index contributed by atoms with van der Waals surface area (Å²) in [5.41, 5.74) is 1.44. The molecule has 0 aromatic heterocycles. The summed E-state index contributed by atoms with van der Waals surface area (Å²) in [4.78, 5) is 51.1. The molecule has 4 unspecified atom stereocenters. The molecular formula is C29H37N3O6. The van der Waals surface area contributed by atoms with Crippen LogP contribution in [-0.4, -0.2) is 41.2 Å². The number of carbonyl (C=O) groups is 4. The fourth-order valence-corrected chi connectivity index (χ4v) is 5.07. The highest BCUT2D eigenvalue weighted by Crippen LogP contribution is 2.36. The first-order valence-corrected chi connectivity index (χ1v) is 13.0. The zero-order valence-corrected chi connectivity index (χ0v) is 22.1. The molecule has 2 aromatic carbocycles. The molecule has 9 heteroatoms. The summed E-state index contributed by atoms with van der Waals surface area (Å²) in [6.07, 6.45) is 0.253. The summed E-state index contributed by atoms with van der Waals surface area (Å²) in [7, 11) is 0. The molecule has 3 amide bonds. The number of hydrogen-bond donors (Lipinski definition) is 4. The van der Waals surface area contributed by atoms with E-state index >= 15 is 0 Å². The number of alkyl carbamates (subject to hydrolysis) is 1. The molecule has 3 rings (SSSR count). The average molecular weight is 524 g/mol. The van der Waals surface area contributed by atoms with E-state index < -0.39 is 36.1 Å². The summed E-state index contributed by atoms with van der Waals surface area (Å²) >= 11 is 0. The molecule has 9 nitrogen and oxygen atoms in total. The number of carboxylic acids is 1. The molecule has 5 atom stereocenters. The Morgan fingerprint density at radius 2 is 1.42 bits per heavy atom. The summed E-state index contributed by atoms with van der Waals surface area (Å²) in [5, 5.41) is 17.9. The van der Waals surface area contributed by atoms with Crippen LogP contribution in [0.2, 0.25) is 0 Å². The molecule has 1 fully saturated rings. The van der Waals surface area contributed by atoms with E-state index in [2.05, 4.69) is 16.0 Å². The first-order chi connectivity index (χ1) is 18.2. The number of aliphatic carboxylic acids is 1. The molecule has 0 aliphatic heterocycles. The molecule has 4 N–H and O–H groups in total. The Balaban J connectivity index is 1.72. The highest BCUT2D eigenvalue weighted by Gasteiger charge is 2.38. The Labute approximate surface area is 223 Å². The molecule has 204 valence electrons. The van der Waals surface area contributed by atoms with Crippen LogP contribution >= 0.6 is 0 Å². The molecule has 2 aromatic rings. The average Bonchev–Trinajstić information content (AvgIpc) is 3.23. The summed E-state index contributed by atoms with van der Waals surface area (Å²) < 4.78 is 5.26. The van der Waals surface area contributed by atoms with Gasteiger partial charge in [0.25, 0.3) is 0 Å². The number of benzene rings is 2. The maximum Gasteiger partial charge on any atom is 0.408 e. The van der Waals surface area contributed by atoms with E-state index in [1.165, 1.54) is 0 Å². The highest BCUT2D eigenvalue weighted by atomic mass is 16.5. The second-order valence-electron chi connectivity index (χ2n) is 10.1. The van der Waals surface area contributed by atoms with Gasteiger partial charge in [0.15, 0.2) is 0 Å². The maximum absolute atomic E-state index is 13.3. The Kier molecular flexibility index (Phi) is 10.3. The fourth-order valence-electron chi connectivity index (χ4n) is 5.07. The second-order valence-corrected chi connectivity index (χ2v) is 10.1. The first-order valence-electron chi connectivity index (χ1n) is 13.0. The van der Waals surface area contributed by atoms with Gasteiger partial charge >= 0.3 is 12.1 Å². The van der Waals surface area contributed by atoms with E-state index in [0.29, 0.717) is 5.56 Å². The zero-order chi connectivity index (χ0) is 27.7. The Morgan fingerprint density at radius 1 is 0.868 bits per heavy atom. The second kappa shape index (κ2) is 13.6. The van der Waals surface area contributed by atoms with Crippen molar-refractivity contribution in [2.24, 2.45) is 23.7 Å². The molecule has 0 radical (unpaired) electrons. The van der Waals surface area contributed by atoms with E-state index in [1.54, 1.807) is 61.5 Å². The van der Waals surface area contributed by atoms with Gasteiger partial charge < -0.3 is 25.8 Å². The first kappa shape index (κ1) is 28.7. The maximum atomic E-state index is 13.3. The van der Waals surface area contributed by atoms with Gasteiger partial charge in [0, 0.05) is 5.92 Å². The summed E-state index contributed by atoms with van der Waals surface area (Å²) in [6.45, 7) is 5.65. The van der Waals surface area contributed by atoms with Gasteiger partial charge in [0.05, 0.1) is 12.1 Å². The van der Waals surface area contributed by atoms with Crippen molar-refractivity contribution < 1.29 is 29.0 Å². The van der Waals surface area contributed by atoms with Crippen molar-refractivity contribution in [2.45, 2.75) is 58.8 Å². The van der Waals surface area contributed by atoms with Crippen LogP contribution in [0.15, 0.2) is 60.7 Å². The minimum Gasteiger partial charge on any atom is -0.481 e. The van der Waals surface area contributed by atoms with Crippen LogP contribution in [0.25, 0.3) is 0 Å². The number of nitrogens with one attached hydrogen (secondary N) is 3. The van der Waals surface area contributed by atoms with Gasteiger partial charge in [0.2, 0.25) is 11.8 Å². The van der Waals surface area contributed by atoms with E-state index in [0.717, 1.165) is 18.4 Å². The number of rotatable bonds is 11. The number of hydrogen-bond acceptors (Lipinski definition) is 5. The van der Waals surface area contributed by atoms with Crippen LogP contribution < -0.4 is 16.0 Å². The van der Waals surface area contributed by atoms with Gasteiger partial charge in [-0.1, -0.05) is 74.5 Å². The van der Waals surface area contributed by atoms with Crippen molar-refractivity contribution in [3.05, 3.63) is 71.8 Å². The van der Waals surface area contributed by atoms with Crippen LogP contribution in [0.1, 0.15) is 44.7 Å². The van der Waals surface area contributed by atoms with Gasteiger partial charge in [-0.15, -0.1) is 0 Å². The van der Waals surface area contributed by atoms with Gasteiger partial charge in [-0.25, -0.2) is 4.79 Å². The number of carboxylic acid groups (broad SMARTS) is 1. The number of amides is 3. The van der Waals surface area contributed by atoms with Crippen LogP contribution in [-0.2, 0) is 32.1 Å². The minimum atomic E-state index is -1.44. The molecule has 1 saturated carbocycles. The van der Waals surface area contributed by atoms with Gasteiger partial charge in [-0.2, -0.15) is 0 Å². The third-order valence-corrected chi connectivity index (χ3v) is 7.11. The smallest absolute Gasteiger partial charge is 0.408 e. The highest BCUT2D eigenvalue weighted by molar-refractivity contribution is 5.91. The SMILES string of the molecule is CC(NC(=O)C1C(C)CCC1C)NC(=O)[C@@H](NC(=O)OCc1ccccc1)C(Cc1ccccc1)C(=O)O. The lowest BCUT2D eigenvalue weighted by atomic mass is 9.90. The van der Waals surface area contributed by atoms with Crippen LogP contribution in [0.5, 0.6) is 0 Å². The van der Waals surface area contributed by atoms with E-state index in [9.17, 15) is 24.3 Å². The van der Waals surface area contributed by atoms with Crippen molar-refractivity contribution in [3.8, 4) is 0 Å². The van der Waals surface area contributed by atoms with Crippen molar-refractivity contribution in [1.29, 1.82) is 0 Å². The molecule has 0 bridgehead atoms. The normalized spacial score (nSPS) is 21.0. The Hall–Kier alpha value is -3.88. The molecule has 0 spiro atoms. The van der Waals surface area contributed by atoms with Crippen molar-refractivity contribution in [2.75, 3.05) is 0 Å². The molecule has 38 heavy (non-hydrogen) atoms. The Bertz CT molecular complexity index is 1080. The molecule has 0 saturated heterocycles. The summed E-state index contributed by atoms with van der Waals surface area (Å²) in [5.74, 6) is -3.08. The third-order valence-electron chi connectivity index (χ3n) is 7.11. The lowest BCUT2D eigenvalue weighted by Gasteiger charge is -2.27. The van der Waals surface area contributed by atoms with E-state index in [4.69, 9.17) is 4.74 Å². The largest absolute Gasteiger partial charge is 0.481 e. The topological polar surface area (TPSA) is 134 Å². The van der Waals surface area contributed by atoms with Crippen molar-refractivity contribution >= 4 is 23.9 Å². The van der Waals surface area contributed by atoms with Crippen LogP contribution in [0.4, 0.5) is 4.79 Å². The standard InChI is InChI=1S/C29H37N3O6/c1-18-14-15-19(2)24(18)26(33)30-20(3)31-27(34)25(23(28(35)36)16-21-10-6-4-7-11-21)32-29(37)38-17-22-12-8-5-9-13-22/h4-13,18-20,23-25H,14-17H2,1-3H3,(H,30,33)(H,31,34)(H,32,37)(H,35,36)/t18?,19?,20?,23?,24?,25-/m0/s1. The minimum absolute atomic E-state index is 0.00503. The van der Waals surface area contributed by atoms with Crippen molar-refractivity contribution in [3.63, 3.8) is 0 Å². The molecule has 1 aliphatic carbocycles. The molecular weight excluding hydrogens is 486 g/mol. The third kappa shape index (κ3) is 8.06. The van der Waals surface area contributed by atoms with E-state index in [1.807, 2.05) is 19.9 Å². The monoisotopic (exact) mass is 523 g/mol.